The summed E-state index contributed by atoms with van der Waals surface area (Å²) < 4.78 is 5.14. The predicted octanol–water partition coefficient (Wildman–Crippen LogP) is 3.05. The summed E-state index contributed by atoms with van der Waals surface area (Å²) in [5.41, 5.74) is 0.477. The number of esters is 1. The number of carbonyl (C=O) groups is 2. The van der Waals surface area contributed by atoms with Gasteiger partial charge < -0.3 is 9.84 Å². The van der Waals surface area contributed by atoms with E-state index in [9.17, 15) is 9.59 Å². The normalized spacial score (nSPS) is 12.8. The van der Waals surface area contributed by atoms with Crippen molar-refractivity contribution < 1.29 is 19.4 Å². The van der Waals surface area contributed by atoms with Crippen LogP contribution in [-0.2, 0) is 20.7 Å². The maximum atomic E-state index is 11.8. The third kappa shape index (κ3) is 5.87. The van der Waals surface area contributed by atoms with Crippen molar-refractivity contribution in [3.63, 3.8) is 0 Å². The number of aryl methyl sites for hydroxylation is 1. The number of carboxylic acid groups (broad SMARTS) is 1. The van der Waals surface area contributed by atoms with Crippen molar-refractivity contribution in [2.45, 2.75) is 45.6 Å². The summed E-state index contributed by atoms with van der Waals surface area (Å²) in [7, 11) is 0. The SMILES string of the molecule is CC(C)(C)OC(=O)C(CCCc1ccccc1)C(=O)O. The molecule has 0 radical (unpaired) electrons. The molecule has 0 aliphatic carbocycles. The average molecular weight is 278 g/mol. The van der Waals surface area contributed by atoms with E-state index in [0.29, 0.717) is 12.8 Å². The molecule has 20 heavy (non-hydrogen) atoms. The summed E-state index contributed by atoms with van der Waals surface area (Å²) in [6.07, 6.45) is 1.69. The molecule has 0 saturated carbocycles. The Labute approximate surface area is 119 Å². The molecule has 110 valence electrons. The summed E-state index contributed by atoms with van der Waals surface area (Å²) in [6.45, 7) is 5.19. The second-order valence-corrected chi connectivity index (χ2v) is 5.80. The topological polar surface area (TPSA) is 63.6 Å². The fourth-order valence-electron chi connectivity index (χ4n) is 1.87. The minimum absolute atomic E-state index is 0.291. The lowest BCUT2D eigenvalue weighted by molar-refractivity contribution is -0.167. The van der Waals surface area contributed by atoms with Gasteiger partial charge in [0.25, 0.3) is 0 Å². The van der Waals surface area contributed by atoms with Gasteiger partial charge in [-0.3, -0.25) is 9.59 Å². The molecule has 0 aliphatic rings. The van der Waals surface area contributed by atoms with E-state index < -0.39 is 23.5 Å². The van der Waals surface area contributed by atoms with Crippen molar-refractivity contribution in [3.05, 3.63) is 35.9 Å². The molecule has 4 nitrogen and oxygen atoms in total. The minimum atomic E-state index is -1.12. The van der Waals surface area contributed by atoms with Gasteiger partial charge in [0.15, 0.2) is 5.92 Å². The predicted molar refractivity (Wildman–Crippen MR) is 76.4 cm³/mol. The third-order valence-corrected chi connectivity index (χ3v) is 2.79. The zero-order valence-corrected chi connectivity index (χ0v) is 12.3. The van der Waals surface area contributed by atoms with E-state index in [1.807, 2.05) is 30.3 Å². The summed E-state index contributed by atoms with van der Waals surface area (Å²) in [5.74, 6) is -2.86. The van der Waals surface area contributed by atoms with Crippen LogP contribution in [0.3, 0.4) is 0 Å². The van der Waals surface area contributed by atoms with Crippen LogP contribution in [0, 0.1) is 5.92 Å². The Kier molecular flexibility index (Phi) is 5.74. The molecule has 1 atom stereocenters. The highest BCUT2D eigenvalue weighted by molar-refractivity contribution is 5.94. The summed E-state index contributed by atoms with van der Waals surface area (Å²) in [4.78, 5) is 23.0. The van der Waals surface area contributed by atoms with E-state index in [1.54, 1.807) is 20.8 Å². The van der Waals surface area contributed by atoms with Crippen LogP contribution in [0.15, 0.2) is 30.3 Å². The van der Waals surface area contributed by atoms with E-state index in [-0.39, 0.29) is 0 Å². The number of carboxylic acids is 1. The van der Waals surface area contributed by atoms with Crippen LogP contribution in [0.25, 0.3) is 0 Å². The highest BCUT2D eigenvalue weighted by atomic mass is 16.6. The molecule has 0 aliphatic heterocycles. The van der Waals surface area contributed by atoms with E-state index in [0.717, 1.165) is 12.0 Å². The van der Waals surface area contributed by atoms with Crippen LogP contribution >= 0.6 is 0 Å². The van der Waals surface area contributed by atoms with Crippen LogP contribution < -0.4 is 0 Å². The first kappa shape index (κ1) is 16.2. The van der Waals surface area contributed by atoms with E-state index >= 15 is 0 Å². The number of rotatable bonds is 6. The summed E-state index contributed by atoms with van der Waals surface area (Å²) in [5, 5.41) is 9.14. The molecule has 0 bridgehead atoms. The van der Waals surface area contributed by atoms with Crippen molar-refractivity contribution in [2.75, 3.05) is 0 Å². The second kappa shape index (κ2) is 7.08. The summed E-state index contributed by atoms with van der Waals surface area (Å²) in [6, 6.07) is 9.80. The fraction of sp³-hybridized carbons (Fsp3) is 0.500. The van der Waals surface area contributed by atoms with Crippen LogP contribution in [0.2, 0.25) is 0 Å². The minimum Gasteiger partial charge on any atom is -0.481 e. The van der Waals surface area contributed by atoms with Crippen molar-refractivity contribution in [1.82, 2.24) is 0 Å². The van der Waals surface area contributed by atoms with Gasteiger partial charge in [-0.1, -0.05) is 30.3 Å². The molecule has 0 fully saturated rings. The highest BCUT2D eigenvalue weighted by Gasteiger charge is 2.30. The Hall–Kier alpha value is -1.84. The summed E-state index contributed by atoms with van der Waals surface area (Å²) >= 11 is 0. The Morgan fingerprint density at radius 2 is 1.80 bits per heavy atom. The van der Waals surface area contributed by atoms with Gasteiger partial charge in [0.1, 0.15) is 5.60 Å². The number of benzene rings is 1. The molecule has 1 aromatic carbocycles. The zero-order valence-electron chi connectivity index (χ0n) is 12.3. The third-order valence-electron chi connectivity index (χ3n) is 2.79. The number of hydrogen-bond donors (Lipinski definition) is 1. The van der Waals surface area contributed by atoms with Gasteiger partial charge in [0, 0.05) is 0 Å². The number of ether oxygens (including phenoxy) is 1. The molecule has 1 unspecified atom stereocenters. The first-order valence-electron chi connectivity index (χ1n) is 6.79. The standard InChI is InChI=1S/C16H22O4/c1-16(2,3)20-15(19)13(14(17)18)11-7-10-12-8-5-4-6-9-12/h4-6,8-9,13H,7,10-11H2,1-3H3,(H,17,18). The second-order valence-electron chi connectivity index (χ2n) is 5.80. The van der Waals surface area contributed by atoms with Crippen molar-refractivity contribution >= 4 is 11.9 Å². The number of aliphatic carboxylic acids is 1. The Balaban J connectivity index is 2.51. The van der Waals surface area contributed by atoms with E-state index in [4.69, 9.17) is 9.84 Å². The maximum Gasteiger partial charge on any atom is 0.320 e. The molecule has 0 saturated heterocycles. The lowest BCUT2D eigenvalue weighted by Crippen LogP contribution is -2.32. The van der Waals surface area contributed by atoms with Gasteiger partial charge >= 0.3 is 11.9 Å². The first-order valence-corrected chi connectivity index (χ1v) is 6.79. The molecule has 4 heteroatoms. The zero-order chi connectivity index (χ0) is 15.2. The monoisotopic (exact) mass is 278 g/mol. The lowest BCUT2D eigenvalue weighted by Gasteiger charge is -2.22. The molecule has 0 heterocycles. The Morgan fingerprint density at radius 1 is 1.20 bits per heavy atom. The lowest BCUT2D eigenvalue weighted by atomic mass is 9.99. The smallest absolute Gasteiger partial charge is 0.320 e. The van der Waals surface area contributed by atoms with E-state index in [1.165, 1.54) is 0 Å². The molecule has 0 spiro atoms. The Bertz CT molecular complexity index is 445. The highest BCUT2D eigenvalue weighted by Crippen LogP contribution is 2.17. The largest absolute Gasteiger partial charge is 0.481 e. The maximum absolute atomic E-state index is 11.8. The fourth-order valence-corrected chi connectivity index (χ4v) is 1.87. The molecular formula is C16H22O4. The van der Waals surface area contributed by atoms with Gasteiger partial charge in [-0.15, -0.1) is 0 Å². The molecule has 0 aromatic heterocycles. The van der Waals surface area contributed by atoms with Crippen LogP contribution in [0.5, 0.6) is 0 Å². The van der Waals surface area contributed by atoms with Crippen molar-refractivity contribution in [3.8, 4) is 0 Å². The molecule has 1 N–H and O–H groups in total. The van der Waals surface area contributed by atoms with E-state index in [2.05, 4.69) is 0 Å². The van der Waals surface area contributed by atoms with Crippen molar-refractivity contribution in [2.24, 2.45) is 5.92 Å². The number of carbonyl (C=O) groups excluding carboxylic acids is 1. The first-order chi connectivity index (χ1) is 9.29. The molecule has 1 aromatic rings. The van der Waals surface area contributed by atoms with Crippen molar-refractivity contribution in [1.29, 1.82) is 0 Å². The van der Waals surface area contributed by atoms with Crippen LogP contribution in [0.1, 0.15) is 39.2 Å². The van der Waals surface area contributed by atoms with Gasteiger partial charge in [-0.25, -0.2) is 0 Å². The molecule has 0 amide bonds. The van der Waals surface area contributed by atoms with Gasteiger partial charge in [-0.05, 0) is 45.6 Å². The van der Waals surface area contributed by atoms with Gasteiger partial charge in [-0.2, -0.15) is 0 Å². The molecule has 1 rings (SSSR count). The van der Waals surface area contributed by atoms with Gasteiger partial charge in [0.05, 0.1) is 0 Å². The van der Waals surface area contributed by atoms with Gasteiger partial charge in [0.2, 0.25) is 0 Å². The quantitative estimate of drug-likeness (QED) is 0.641. The number of hydrogen-bond acceptors (Lipinski definition) is 3. The molecular weight excluding hydrogens is 256 g/mol. The Morgan fingerprint density at radius 3 is 2.30 bits per heavy atom. The van der Waals surface area contributed by atoms with Crippen LogP contribution in [-0.4, -0.2) is 22.6 Å². The average Bonchev–Trinajstić information content (AvgIpc) is 2.33. The van der Waals surface area contributed by atoms with Crippen LogP contribution in [0.4, 0.5) is 0 Å².